The molecule has 0 radical (unpaired) electrons. The number of aryl methyl sites for hydroxylation is 1. The third kappa shape index (κ3) is 5.21. The first-order valence-electron chi connectivity index (χ1n) is 9.86. The van der Waals surface area contributed by atoms with E-state index in [4.69, 9.17) is 27.9 Å². The predicted octanol–water partition coefficient (Wildman–Crippen LogP) is 3.51. The van der Waals surface area contributed by atoms with Gasteiger partial charge in [-0.05, 0) is 19.1 Å². The Labute approximate surface area is 197 Å². The number of pyridine rings is 1. The van der Waals surface area contributed by atoms with Crippen LogP contribution in [-0.2, 0) is 11.8 Å². The first kappa shape index (κ1) is 23.3. The maximum atomic E-state index is 14.3. The van der Waals surface area contributed by atoms with Crippen molar-refractivity contribution in [2.24, 2.45) is 7.05 Å². The number of anilines is 1. The standard InChI is InChI=1S/C20H19Cl2F2N7O2/c1-11-16(8-28-19-26-6-13(22)7-27-19)31(10-20(23,24)33-11)18(32)17-14(9-30(2)29-17)15-4-3-12(21)5-25-15/h3-7,9,11,16H,8,10H2,1-2H3,(H,26,27,28)/t11-,16+/m0/s1. The van der Waals surface area contributed by atoms with E-state index in [1.165, 1.54) is 30.2 Å². The predicted molar refractivity (Wildman–Crippen MR) is 117 cm³/mol. The first-order chi connectivity index (χ1) is 15.6. The molecule has 13 heteroatoms. The number of nitrogens with zero attached hydrogens (tertiary/aromatic N) is 6. The summed E-state index contributed by atoms with van der Waals surface area (Å²) < 4.78 is 34.9. The lowest BCUT2D eigenvalue weighted by atomic mass is 10.1. The van der Waals surface area contributed by atoms with E-state index in [1.807, 2.05) is 0 Å². The van der Waals surface area contributed by atoms with Gasteiger partial charge in [0, 0.05) is 26.0 Å². The molecule has 0 saturated carbocycles. The van der Waals surface area contributed by atoms with Gasteiger partial charge in [0.15, 0.2) is 5.69 Å². The van der Waals surface area contributed by atoms with E-state index in [-0.39, 0.29) is 18.2 Å². The van der Waals surface area contributed by atoms with Gasteiger partial charge in [-0.1, -0.05) is 23.2 Å². The highest BCUT2D eigenvalue weighted by Gasteiger charge is 2.48. The molecule has 0 unspecified atom stereocenters. The minimum absolute atomic E-state index is 0.00929. The van der Waals surface area contributed by atoms with Crippen molar-refractivity contribution in [2.75, 3.05) is 18.4 Å². The molecule has 3 aromatic heterocycles. The second kappa shape index (κ2) is 9.16. The monoisotopic (exact) mass is 497 g/mol. The topological polar surface area (TPSA) is 98.1 Å². The molecule has 33 heavy (non-hydrogen) atoms. The van der Waals surface area contributed by atoms with Crippen LogP contribution in [0.15, 0.2) is 36.9 Å². The van der Waals surface area contributed by atoms with Gasteiger partial charge in [-0.25, -0.2) is 9.97 Å². The average molecular weight is 498 g/mol. The Morgan fingerprint density at radius 3 is 2.58 bits per heavy atom. The van der Waals surface area contributed by atoms with E-state index in [0.717, 1.165) is 4.90 Å². The molecule has 1 amide bonds. The summed E-state index contributed by atoms with van der Waals surface area (Å²) in [6, 6.07) is 2.49. The van der Waals surface area contributed by atoms with E-state index >= 15 is 0 Å². The summed E-state index contributed by atoms with van der Waals surface area (Å²) in [6.07, 6.45) is 1.32. The first-order valence-corrected chi connectivity index (χ1v) is 10.6. The quantitative estimate of drug-likeness (QED) is 0.575. The maximum Gasteiger partial charge on any atom is 0.373 e. The summed E-state index contributed by atoms with van der Waals surface area (Å²) >= 11 is 11.7. The van der Waals surface area contributed by atoms with E-state index in [2.05, 4.69) is 25.4 Å². The van der Waals surface area contributed by atoms with Crippen molar-refractivity contribution in [3.8, 4) is 11.3 Å². The molecule has 9 nitrogen and oxygen atoms in total. The van der Waals surface area contributed by atoms with Crippen LogP contribution in [0.3, 0.4) is 0 Å². The van der Waals surface area contributed by atoms with Gasteiger partial charge in [0.05, 0.1) is 45.8 Å². The second-order valence-electron chi connectivity index (χ2n) is 7.49. The normalized spacial score (nSPS) is 20.0. The van der Waals surface area contributed by atoms with E-state index in [9.17, 15) is 13.6 Å². The average Bonchev–Trinajstić information content (AvgIpc) is 3.15. The number of nitrogens with one attached hydrogen (secondary N) is 1. The molecule has 0 aromatic carbocycles. The van der Waals surface area contributed by atoms with Crippen LogP contribution in [0.1, 0.15) is 17.4 Å². The van der Waals surface area contributed by atoms with Crippen LogP contribution in [0.25, 0.3) is 11.3 Å². The maximum absolute atomic E-state index is 14.3. The summed E-state index contributed by atoms with van der Waals surface area (Å²) in [7, 11) is 1.63. The number of rotatable bonds is 5. The van der Waals surface area contributed by atoms with Crippen LogP contribution in [0.4, 0.5) is 14.7 Å². The van der Waals surface area contributed by atoms with Gasteiger partial charge in [-0.2, -0.15) is 13.9 Å². The van der Waals surface area contributed by atoms with Gasteiger partial charge in [0.2, 0.25) is 5.95 Å². The fraction of sp³-hybridized carbons (Fsp3) is 0.350. The molecule has 4 rings (SSSR count). The Morgan fingerprint density at radius 1 is 1.21 bits per heavy atom. The number of hydrogen-bond donors (Lipinski definition) is 1. The largest absolute Gasteiger partial charge is 0.373 e. The van der Waals surface area contributed by atoms with Crippen molar-refractivity contribution < 1.29 is 18.3 Å². The summed E-state index contributed by atoms with van der Waals surface area (Å²) in [5.41, 5.74) is 0.826. The number of carbonyl (C=O) groups is 1. The van der Waals surface area contributed by atoms with Gasteiger partial charge >= 0.3 is 6.11 Å². The smallest absolute Gasteiger partial charge is 0.352 e. The molecule has 1 saturated heterocycles. The number of amides is 1. The Balaban J connectivity index is 1.64. The van der Waals surface area contributed by atoms with Crippen molar-refractivity contribution in [1.82, 2.24) is 29.6 Å². The molecule has 1 N–H and O–H groups in total. The summed E-state index contributed by atoms with van der Waals surface area (Å²) in [6.45, 7) is 0.600. The lowest BCUT2D eigenvalue weighted by molar-refractivity contribution is -0.298. The van der Waals surface area contributed by atoms with Crippen molar-refractivity contribution in [3.63, 3.8) is 0 Å². The molecule has 0 bridgehead atoms. The van der Waals surface area contributed by atoms with Crippen molar-refractivity contribution in [1.29, 1.82) is 0 Å². The zero-order chi connectivity index (χ0) is 23.8. The van der Waals surface area contributed by atoms with E-state index in [1.54, 1.807) is 25.4 Å². The number of hydrogen-bond acceptors (Lipinski definition) is 7. The number of halogens is 4. The Bertz CT molecular complexity index is 1140. The van der Waals surface area contributed by atoms with Crippen molar-refractivity contribution >= 4 is 35.1 Å². The number of alkyl halides is 2. The number of ether oxygens (including phenoxy) is 1. The summed E-state index contributed by atoms with van der Waals surface area (Å²) in [5, 5.41) is 7.94. The fourth-order valence-corrected chi connectivity index (χ4v) is 3.77. The Hall–Kier alpha value is -2.89. The van der Waals surface area contributed by atoms with Gasteiger partial charge in [-0.15, -0.1) is 0 Å². The molecular formula is C20H19Cl2F2N7O2. The molecule has 0 spiro atoms. The molecular weight excluding hydrogens is 479 g/mol. The van der Waals surface area contributed by atoms with Crippen LogP contribution < -0.4 is 5.32 Å². The lowest BCUT2D eigenvalue weighted by Gasteiger charge is -2.42. The molecule has 4 heterocycles. The van der Waals surface area contributed by atoms with Crippen LogP contribution in [0, 0.1) is 0 Å². The van der Waals surface area contributed by atoms with Crippen LogP contribution in [-0.4, -0.2) is 66.9 Å². The molecule has 1 fully saturated rings. The minimum Gasteiger partial charge on any atom is -0.352 e. The minimum atomic E-state index is -3.52. The van der Waals surface area contributed by atoms with Crippen LogP contribution in [0.5, 0.6) is 0 Å². The number of carbonyl (C=O) groups excluding carboxylic acids is 1. The fourth-order valence-electron chi connectivity index (χ4n) is 3.56. The molecule has 3 aromatic rings. The molecule has 1 aliphatic rings. The van der Waals surface area contributed by atoms with Crippen molar-refractivity contribution in [2.45, 2.75) is 25.2 Å². The SMILES string of the molecule is C[C@@H]1OC(F)(F)CN(C(=O)c2nn(C)cc2-c2ccc(Cl)cn2)[C@@H]1CNc1ncc(Cl)cn1. The van der Waals surface area contributed by atoms with Gasteiger partial charge in [0.25, 0.3) is 5.91 Å². The third-order valence-electron chi connectivity index (χ3n) is 5.04. The highest BCUT2D eigenvalue weighted by atomic mass is 35.5. The lowest BCUT2D eigenvalue weighted by Crippen LogP contribution is -2.61. The van der Waals surface area contributed by atoms with Crippen molar-refractivity contribution in [3.05, 3.63) is 52.7 Å². The highest BCUT2D eigenvalue weighted by molar-refractivity contribution is 6.30. The summed E-state index contributed by atoms with van der Waals surface area (Å²) in [5.74, 6) is -0.443. The summed E-state index contributed by atoms with van der Waals surface area (Å²) in [4.78, 5) is 26.8. The molecule has 2 atom stereocenters. The van der Waals surface area contributed by atoms with Crippen LogP contribution in [0.2, 0.25) is 10.0 Å². The Kier molecular flexibility index (Phi) is 6.46. The highest BCUT2D eigenvalue weighted by Crippen LogP contribution is 2.32. The second-order valence-corrected chi connectivity index (χ2v) is 8.37. The zero-order valence-electron chi connectivity index (χ0n) is 17.5. The molecule has 0 aliphatic carbocycles. The van der Waals surface area contributed by atoms with Gasteiger partial charge in [0.1, 0.15) is 6.54 Å². The number of aromatic nitrogens is 5. The van der Waals surface area contributed by atoms with E-state index < -0.39 is 30.7 Å². The van der Waals surface area contributed by atoms with Gasteiger partial charge in [-0.3, -0.25) is 14.5 Å². The van der Waals surface area contributed by atoms with E-state index in [0.29, 0.717) is 21.3 Å². The number of morpholine rings is 1. The molecule has 1 aliphatic heterocycles. The third-order valence-corrected chi connectivity index (χ3v) is 5.46. The van der Waals surface area contributed by atoms with Gasteiger partial charge < -0.3 is 15.0 Å². The van der Waals surface area contributed by atoms with Crippen LogP contribution >= 0.6 is 23.2 Å². The zero-order valence-corrected chi connectivity index (χ0v) is 19.1. The Morgan fingerprint density at radius 2 is 1.91 bits per heavy atom. The molecule has 174 valence electrons.